The molecular formula is C29H26F2N2O3. The Morgan fingerprint density at radius 2 is 1.67 bits per heavy atom. The van der Waals surface area contributed by atoms with Crippen LogP contribution in [0.1, 0.15) is 41.6 Å². The summed E-state index contributed by atoms with van der Waals surface area (Å²) in [6.07, 6.45) is 3.90. The molecule has 0 bridgehead atoms. The molecule has 4 aromatic rings. The minimum absolute atomic E-state index is 0.128. The van der Waals surface area contributed by atoms with E-state index in [0.29, 0.717) is 53.3 Å². The number of aliphatic carboxylic acids is 1. The van der Waals surface area contributed by atoms with E-state index in [9.17, 15) is 23.5 Å². The lowest BCUT2D eigenvalue weighted by Crippen LogP contribution is -2.38. The summed E-state index contributed by atoms with van der Waals surface area (Å²) in [5, 5.41) is 12.5. The summed E-state index contributed by atoms with van der Waals surface area (Å²) in [5.41, 5.74) is 2.75. The van der Waals surface area contributed by atoms with Crippen molar-refractivity contribution in [2.45, 2.75) is 38.3 Å². The van der Waals surface area contributed by atoms with Crippen molar-refractivity contribution < 1.29 is 23.5 Å². The van der Waals surface area contributed by atoms with Crippen molar-refractivity contribution in [2.75, 3.05) is 0 Å². The van der Waals surface area contributed by atoms with Gasteiger partial charge in [-0.25, -0.2) is 8.78 Å². The fourth-order valence-corrected chi connectivity index (χ4v) is 5.06. The number of carbonyl (C=O) groups excluding carboxylic acids is 1. The van der Waals surface area contributed by atoms with Gasteiger partial charge in [-0.1, -0.05) is 42.5 Å². The van der Waals surface area contributed by atoms with Gasteiger partial charge in [-0.15, -0.1) is 0 Å². The van der Waals surface area contributed by atoms with E-state index < -0.39 is 11.8 Å². The number of amides is 1. The smallest absolute Gasteiger partial charge is 0.306 e. The Labute approximate surface area is 207 Å². The SMILES string of the molecule is O=C(NC1CCC(C(=O)O)CC1)c1ccc(F)c2ccn(Cc3ccc(-c4ccccc4)c(F)c3)c12. The van der Waals surface area contributed by atoms with Crippen molar-refractivity contribution in [1.82, 2.24) is 9.88 Å². The summed E-state index contributed by atoms with van der Waals surface area (Å²) in [6, 6.07) is 18.5. The van der Waals surface area contributed by atoms with Gasteiger partial charge in [0.2, 0.25) is 0 Å². The van der Waals surface area contributed by atoms with Gasteiger partial charge in [0.25, 0.3) is 5.91 Å². The van der Waals surface area contributed by atoms with E-state index in [2.05, 4.69) is 5.32 Å². The van der Waals surface area contributed by atoms with Gasteiger partial charge in [0.05, 0.1) is 17.0 Å². The molecule has 2 N–H and O–H groups in total. The van der Waals surface area contributed by atoms with E-state index in [0.717, 1.165) is 5.56 Å². The third-order valence-corrected chi connectivity index (χ3v) is 7.00. The van der Waals surface area contributed by atoms with Gasteiger partial charge in [-0.3, -0.25) is 9.59 Å². The van der Waals surface area contributed by atoms with Gasteiger partial charge in [0, 0.05) is 29.7 Å². The molecule has 1 fully saturated rings. The third-order valence-electron chi connectivity index (χ3n) is 7.00. The lowest BCUT2D eigenvalue weighted by atomic mass is 9.86. The number of aromatic nitrogens is 1. The van der Waals surface area contributed by atoms with Gasteiger partial charge in [-0.2, -0.15) is 0 Å². The van der Waals surface area contributed by atoms with Crippen molar-refractivity contribution in [3.8, 4) is 11.1 Å². The second-order valence-electron chi connectivity index (χ2n) is 9.34. The first-order valence-electron chi connectivity index (χ1n) is 12.1. The summed E-state index contributed by atoms with van der Waals surface area (Å²) >= 11 is 0. The second-order valence-corrected chi connectivity index (χ2v) is 9.34. The lowest BCUT2D eigenvalue weighted by molar-refractivity contribution is -0.142. The lowest BCUT2D eigenvalue weighted by Gasteiger charge is -2.27. The van der Waals surface area contributed by atoms with E-state index >= 15 is 0 Å². The fourth-order valence-electron chi connectivity index (χ4n) is 5.06. The van der Waals surface area contributed by atoms with Crippen LogP contribution in [0.25, 0.3) is 22.0 Å². The van der Waals surface area contributed by atoms with E-state index in [1.807, 2.05) is 36.4 Å². The van der Waals surface area contributed by atoms with Crippen LogP contribution in [0.3, 0.4) is 0 Å². The van der Waals surface area contributed by atoms with Crippen molar-refractivity contribution in [2.24, 2.45) is 5.92 Å². The van der Waals surface area contributed by atoms with E-state index in [1.54, 1.807) is 22.9 Å². The first kappa shape index (κ1) is 23.7. The maximum Gasteiger partial charge on any atom is 0.306 e. The molecule has 5 rings (SSSR count). The molecule has 0 atom stereocenters. The zero-order valence-corrected chi connectivity index (χ0v) is 19.6. The van der Waals surface area contributed by atoms with Crippen LogP contribution in [0.5, 0.6) is 0 Å². The molecule has 184 valence electrons. The predicted octanol–water partition coefficient (Wildman–Crippen LogP) is 6.01. The minimum Gasteiger partial charge on any atom is -0.481 e. The van der Waals surface area contributed by atoms with Crippen molar-refractivity contribution in [3.63, 3.8) is 0 Å². The predicted molar refractivity (Wildman–Crippen MR) is 134 cm³/mol. The molecule has 0 aliphatic heterocycles. The second kappa shape index (κ2) is 9.93. The molecule has 7 heteroatoms. The van der Waals surface area contributed by atoms with Gasteiger partial charge < -0.3 is 15.0 Å². The number of hydrogen-bond acceptors (Lipinski definition) is 2. The van der Waals surface area contributed by atoms with Crippen molar-refractivity contribution in [1.29, 1.82) is 0 Å². The molecule has 0 radical (unpaired) electrons. The first-order valence-corrected chi connectivity index (χ1v) is 12.1. The monoisotopic (exact) mass is 488 g/mol. The molecule has 3 aromatic carbocycles. The number of hydrogen-bond donors (Lipinski definition) is 2. The molecule has 1 aliphatic carbocycles. The largest absolute Gasteiger partial charge is 0.481 e. The highest BCUT2D eigenvalue weighted by atomic mass is 19.1. The Morgan fingerprint density at radius 1 is 0.917 bits per heavy atom. The zero-order chi connectivity index (χ0) is 25.2. The number of fused-ring (bicyclic) bond motifs is 1. The number of rotatable bonds is 6. The summed E-state index contributed by atoms with van der Waals surface area (Å²) in [6.45, 7) is 0.267. The Bertz CT molecular complexity index is 1420. The average Bonchev–Trinajstić information content (AvgIpc) is 3.29. The number of nitrogens with zero attached hydrogens (tertiary/aromatic N) is 1. The third kappa shape index (κ3) is 4.73. The zero-order valence-electron chi connectivity index (χ0n) is 19.6. The highest BCUT2D eigenvalue weighted by Gasteiger charge is 2.27. The molecule has 0 saturated heterocycles. The Balaban J connectivity index is 1.40. The number of carboxylic acids is 1. The molecule has 1 aromatic heterocycles. The highest BCUT2D eigenvalue weighted by molar-refractivity contribution is 6.06. The topological polar surface area (TPSA) is 71.3 Å². The van der Waals surface area contributed by atoms with Crippen molar-refractivity contribution >= 4 is 22.8 Å². The normalized spacial score (nSPS) is 17.7. The molecule has 1 heterocycles. The molecule has 1 saturated carbocycles. The molecule has 0 unspecified atom stereocenters. The van der Waals surface area contributed by atoms with E-state index in [4.69, 9.17) is 0 Å². The van der Waals surface area contributed by atoms with Gasteiger partial charge in [-0.05, 0) is 61.1 Å². The number of benzene rings is 3. The summed E-state index contributed by atoms with van der Waals surface area (Å²) < 4.78 is 31.3. The van der Waals surface area contributed by atoms with Crippen LogP contribution in [-0.2, 0) is 11.3 Å². The van der Waals surface area contributed by atoms with Gasteiger partial charge in [0.1, 0.15) is 11.6 Å². The Hall–Kier alpha value is -4.00. The Morgan fingerprint density at radius 3 is 2.36 bits per heavy atom. The quantitative estimate of drug-likeness (QED) is 0.349. The molecule has 36 heavy (non-hydrogen) atoms. The highest BCUT2D eigenvalue weighted by Crippen LogP contribution is 2.28. The Kier molecular flexibility index (Phi) is 6.55. The van der Waals surface area contributed by atoms with Crippen LogP contribution in [0, 0.1) is 17.6 Å². The van der Waals surface area contributed by atoms with Crippen LogP contribution in [-0.4, -0.2) is 27.6 Å². The molecular weight excluding hydrogens is 462 g/mol. The number of carboxylic acid groups (broad SMARTS) is 1. The molecule has 0 spiro atoms. The molecule has 1 amide bonds. The van der Waals surface area contributed by atoms with Crippen molar-refractivity contribution in [3.05, 3.63) is 95.7 Å². The maximum absolute atomic E-state index is 14.9. The van der Waals surface area contributed by atoms with E-state index in [-0.39, 0.29) is 30.2 Å². The van der Waals surface area contributed by atoms with E-state index in [1.165, 1.54) is 18.2 Å². The first-order chi connectivity index (χ1) is 17.4. The fraction of sp³-hybridized carbons (Fsp3) is 0.241. The van der Waals surface area contributed by atoms with Crippen LogP contribution in [0.2, 0.25) is 0 Å². The maximum atomic E-state index is 14.9. The molecule has 1 aliphatic rings. The average molecular weight is 489 g/mol. The standard InChI is InChI=1S/C29H26F2N2O3/c30-25-13-12-24(28(34)32-21-9-7-20(8-10-21)29(35)36)27-23(25)14-15-33(27)17-18-6-11-22(26(31)16-18)19-4-2-1-3-5-19/h1-6,11-16,20-21H,7-10,17H2,(H,32,34)(H,35,36). The van der Waals surface area contributed by atoms with Crippen LogP contribution < -0.4 is 5.32 Å². The van der Waals surface area contributed by atoms with Crippen LogP contribution in [0.15, 0.2) is 72.9 Å². The number of halogens is 2. The summed E-state index contributed by atoms with van der Waals surface area (Å²) in [4.78, 5) is 24.4. The molecule has 5 nitrogen and oxygen atoms in total. The summed E-state index contributed by atoms with van der Waals surface area (Å²) in [7, 11) is 0. The number of nitrogens with one attached hydrogen (secondary N) is 1. The van der Waals surface area contributed by atoms with Gasteiger partial charge >= 0.3 is 5.97 Å². The summed E-state index contributed by atoms with van der Waals surface area (Å²) in [5.74, 6) is -2.29. The van der Waals surface area contributed by atoms with Gasteiger partial charge in [0.15, 0.2) is 0 Å². The minimum atomic E-state index is -0.800. The van der Waals surface area contributed by atoms with Crippen LogP contribution >= 0.6 is 0 Å². The number of carbonyl (C=O) groups is 2. The van der Waals surface area contributed by atoms with Crippen LogP contribution in [0.4, 0.5) is 8.78 Å².